The first-order chi connectivity index (χ1) is 9.81. The minimum absolute atomic E-state index is 0.636. The lowest BCUT2D eigenvalue weighted by molar-refractivity contribution is 0.450. The molecule has 1 aliphatic heterocycles. The van der Waals surface area contributed by atoms with Crippen molar-refractivity contribution < 1.29 is 0 Å². The quantitative estimate of drug-likeness (QED) is 0.899. The maximum Gasteiger partial charge on any atom is 0.108 e. The van der Waals surface area contributed by atoms with E-state index in [1.165, 1.54) is 37.9 Å². The number of nitrogens with zero attached hydrogens (tertiary/aromatic N) is 2. The Balaban J connectivity index is 1.91. The largest absolute Gasteiger partial charge is 0.368 e. The summed E-state index contributed by atoms with van der Waals surface area (Å²) in [5, 5.41) is 0. The number of aromatic nitrogens is 2. The molecule has 1 fully saturated rings. The fourth-order valence-corrected chi connectivity index (χ4v) is 3.25. The molecule has 0 bridgehead atoms. The number of piperidine rings is 1. The highest BCUT2D eigenvalue weighted by Gasteiger charge is 2.21. The molecule has 3 rings (SSSR count). The van der Waals surface area contributed by atoms with E-state index in [-0.39, 0.29) is 0 Å². The van der Waals surface area contributed by atoms with E-state index >= 15 is 0 Å². The Hall–Kier alpha value is -1.55. The molecule has 1 aromatic carbocycles. The van der Waals surface area contributed by atoms with Gasteiger partial charge in [-0.2, -0.15) is 0 Å². The fourth-order valence-electron chi connectivity index (χ4n) is 3.25. The minimum atomic E-state index is 0.636. The first-order valence-electron chi connectivity index (χ1n) is 7.77. The Morgan fingerprint density at radius 2 is 2.30 bits per heavy atom. The molecule has 20 heavy (non-hydrogen) atoms. The standard InChI is InChI=1S/C16H24N4/c1-2-12-5-3-4-10-20(12)13-6-7-14-15(11-13)19-16(18-14)8-9-17/h6-7,11-12H,2-5,8-10,17H2,1H3,(H,18,19). The van der Waals surface area contributed by atoms with Crippen molar-refractivity contribution in [3.05, 3.63) is 24.0 Å². The van der Waals surface area contributed by atoms with Crippen molar-refractivity contribution in [3.63, 3.8) is 0 Å². The molecule has 1 aliphatic rings. The molecular weight excluding hydrogens is 248 g/mol. The van der Waals surface area contributed by atoms with Crippen LogP contribution in [0.1, 0.15) is 38.4 Å². The maximum atomic E-state index is 5.60. The third-order valence-corrected chi connectivity index (χ3v) is 4.33. The summed E-state index contributed by atoms with van der Waals surface area (Å²) in [4.78, 5) is 10.5. The van der Waals surface area contributed by atoms with Gasteiger partial charge in [0.25, 0.3) is 0 Å². The second-order valence-electron chi connectivity index (χ2n) is 5.67. The topological polar surface area (TPSA) is 57.9 Å². The molecule has 1 atom stereocenters. The van der Waals surface area contributed by atoms with E-state index < -0.39 is 0 Å². The van der Waals surface area contributed by atoms with Crippen LogP contribution in [0.2, 0.25) is 0 Å². The molecule has 108 valence electrons. The van der Waals surface area contributed by atoms with E-state index in [1.54, 1.807) is 0 Å². The van der Waals surface area contributed by atoms with Crippen molar-refractivity contribution in [2.24, 2.45) is 5.73 Å². The van der Waals surface area contributed by atoms with Gasteiger partial charge in [0.05, 0.1) is 11.0 Å². The van der Waals surface area contributed by atoms with Crippen LogP contribution >= 0.6 is 0 Å². The van der Waals surface area contributed by atoms with E-state index in [2.05, 4.69) is 40.0 Å². The minimum Gasteiger partial charge on any atom is -0.368 e. The molecule has 0 saturated carbocycles. The lowest BCUT2D eigenvalue weighted by Gasteiger charge is -2.37. The van der Waals surface area contributed by atoms with Gasteiger partial charge in [-0.3, -0.25) is 0 Å². The molecule has 0 aliphatic carbocycles. The zero-order valence-electron chi connectivity index (χ0n) is 12.2. The molecule has 3 N–H and O–H groups in total. The lowest BCUT2D eigenvalue weighted by atomic mass is 9.99. The van der Waals surface area contributed by atoms with Crippen LogP contribution < -0.4 is 10.6 Å². The number of imidazole rings is 1. The average Bonchev–Trinajstić information content (AvgIpc) is 2.89. The summed E-state index contributed by atoms with van der Waals surface area (Å²) in [5.74, 6) is 0.991. The number of anilines is 1. The Morgan fingerprint density at radius 1 is 1.40 bits per heavy atom. The highest BCUT2D eigenvalue weighted by atomic mass is 15.2. The zero-order valence-corrected chi connectivity index (χ0v) is 12.2. The third kappa shape index (κ3) is 2.52. The molecule has 0 amide bonds. The average molecular weight is 272 g/mol. The molecule has 0 spiro atoms. The number of rotatable bonds is 4. The van der Waals surface area contributed by atoms with Crippen LogP contribution in [0, 0.1) is 0 Å². The van der Waals surface area contributed by atoms with Crippen molar-refractivity contribution in [1.82, 2.24) is 9.97 Å². The maximum absolute atomic E-state index is 5.60. The van der Waals surface area contributed by atoms with Gasteiger partial charge < -0.3 is 15.6 Å². The molecule has 1 aromatic heterocycles. The Kier molecular flexibility index (Phi) is 3.92. The summed E-state index contributed by atoms with van der Waals surface area (Å²) in [6, 6.07) is 7.27. The van der Waals surface area contributed by atoms with Gasteiger partial charge in [-0.1, -0.05) is 6.92 Å². The first kappa shape index (κ1) is 13.4. The molecule has 1 unspecified atom stereocenters. The summed E-state index contributed by atoms with van der Waals surface area (Å²) in [7, 11) is 0. The van der Waals surface area contributed by atoms with Crippen LogP contribution in [0.5, 0.6) is 0 Å². The van der Waals surface area contributed by atoms with Crippen LogP contribution in [-0.4, -0.2) is 29.1 Å². The fraction of sp³-hybridized carbons (Fsp3) is 0.562. The molecule has 2 aromatic rings. The lowest BCUT2D eigenvalue weighted by Crippen LogP contribution is -2.39. The van der Waals surface area contributed by atoms with Gasteiger partial charge in [-0.15, -0.1) is 0 Å². The third-order valence-electron chi connectivity index (χ3n) is 4.33. The second kappa shape index (κ2) is 5.83. The predicted molar refractivity (Wildman–Crippen MR) is 84.1 cm³/mol. The molecule has 4 heteroatoms. The highest BCUT2D eigenvalue weighted by Crippen LogP contribution is 2.28. The SMILES string of the molecule is CCC1CCCCN1c1ccc2nc(CCN)[nH]c2c1. The summed E-state index contributed by atoms with van der Waals surface area (Å²) in [6.07, 6.45) is 6.01. The molecule has 2 heterocycles. The second-order valence-corrected chi connectivity index (χ2v) is 5.67. The summed E-state index contributed by atoms with van der Waals surface area (Å²) >= 11 is 0. The number of H-pyrrole nitrogens is 1. The van der Waals surface area contributed by atoms with Crippen molar-refractivity contribution in [3.8, 4) is 0 Å². The van der Waals surface area contributed by atoms with Crippen molar-refractivity contribution in [2.75, 3.05) is 18.0 Å². The van der Waals surface area contributed by atoms with Gasteiger partial charge in [-0.05, 0) is 50.4 Å². The van der Waals surface area contributed by atoms with E-state index in [0.29, 0.717) is 12.6 Å². The van der Waals surface area contributed by atoms with Crippen molar-refractivity contribution in [1.29, 1.82) is 0 Å². The number of hydrogen-bond acceptors (Lipinski definition) is 3. The van der Waals surface area contributed by atoms with E-state index in [4.69, 9.17) is 5.73 Å². The summed E-state index contributed by atoms with van der Waals surface area (Å²) < 4.78 is 0. The van der Waals surface area contributed by atoms with Crippen molar-refractivity contribution >= 4 is 16.7 Å². The van der Waals surface area contributed by atoms with E-state index in [1.807, 2.05) is 0 Å². The molecular formula is C16H24N4. The Labute approximate surface area is 120 Å². The summed E-state index contributed by atoms with van der Waals surface area (Å²) in [6.45, 7) is 4.10. The number of aromatic amines is 1. The van der Waals surface area contributed by atoms with Crippen LogP contribution in [0.3, 0.4) is 0 Å². The monoisotopic (exact) mass is 272 g/mol. The summed E-state index contributed by atoms with van der Waals surface area (Å²) in [5.41, 5.74) is 9.10. The normalized spacial score (nSPS) is 19.7. The van der Waals surface area contributed by atoms with Gasteiger partial charge in [0, 0.05) is 24.7 Å². The first-order valence-corrected chi connectivity index (χ1v) is 7.77. The van der Waals surface area contributed by atoms with Crippen molar-refractivity contribution in [2.45, 2.75) is 45.1 Å². The van der Waals surface area contributed by atoms with Crippen LogP contribution in [0.15, 0.2) is 18.2 Å². The smallest absolute Gasteiger partial charge is 0.108 e. The van der Waals surface area contributed by atoms with Gasteiger partial charge in [0.15, 0.2) is 0 Å². The molecule has 0 radical (unpaired) electrons. The van der Waals surface area contributed by atoms with Crippen LogP contribution in [0.25, 0.3) is 11.0 Å². The van der Waals surface area contributed by atoms with E-state index in [9.17, 15) is 0 Å². The van der Waals surface area contributed by atoms with Crippen LogP contribution in [0.4, 0.5) is 5.69 Å². The van der Waals surface area contributed by atoms with Crippen LogP contribution in [-0.2, 0) is 6.42 Å². The van der Waals surface area contributed by atoms with E-state index in [0.717, 1.165) is 23.3 Å². The Bertz CT molecular complexity index is 575. The highest BCUT2D eigenvalue weighted by molar-refractivity contribution is 5.79. The number of nitrogens with two attached hydrogens (primary N) is 1. The number of hydrogen-bond donors (Lipinski definition) is 2. The Morgan fingerprint density at radius 3 is 3.10 bits per heavy atom. The number of nitrogens with one attached hydrogen (secondary N) is 1. The zero-order chi connectivity index (χ0) is 13.9. The van der Waals surface area contributed by atoms with Gasteiger partial charge in [-0.25, -0.2) is 4.98 Å². The van der Waals surface area contributed by atoms with Gasteiger partial charge in [0.1, 0.15) is 5.82 Å². The molecule has 1 saturated heterocycles. The number of fused-ring (bicyclic) bond motifs is 1. The van der Waals surface area contributed by atoms with Gasteiger partial charge in [0.2, 0.25) is 0 Å². The van der Waals surface area contributed by atoms with Gasteiger partial charge >= 0.3 is 0 Å². The number of benzene rings is 1. The predicted octanol–water partition coefficient (Wildman–Crippen LogP) is 2.83. The molecule has 4 nitrogen and oxygen atoms in total.